The molecule has 0 aliphatic carbocycles. The number of likely N-dealkylation sites (tertiary alicyclic amines) is 1. The molecular weight excluding hydrogens is 272 g/mol. The highest BCUT2D eigenvalue weighted by molar-refractivity contribution is 7.89. The van der Waals surface area contributed by atoms with Crippen molar-refractivity contribution in [2.24, 2.45) is 5.14 Å². The van der Waals surface area contributed by atoms with Gasteiger partial charge in [0.25, 0.3) is 0 Å². The second-order valence-electron chi connectivity index (χ2n) is 4.68. The first-order valence-corrected chi connectivity index (χ1v) is 7.92. The molecule has 0 spiro atoms. The standard InChI is InChI=1S/C12H17ClN2O2S/c13-11-6-10(7-12(8-11)18(14,16)17)9-15-4-2-1-3-5-15/h6-8H,1-5,9H2,(H2,14,16,17). The van der Waals surface area contributed by atoms with Crippen molar-refractivity contribution in [3.05, 3.63) is 28.8 Å². The molecule has 1 aromatic carbocycles. The summed E-state index contributed by atoms with van der Waals surface area (Å²) >= 11 is 5.94. The van der Waals surface area contributed by atoms with E-state index in [1.165, 1.54) is 25.3 Å². The minimum absolute atomic E-state index is 0.0852. The van der Waals surface area contributed by atoms with Crippen LogP contribution < -0.4 is 5.14 Å². The van der Waals surface area contributed by atoms with Crippen molar-refractivity contribution in [2.45, 2.75) is 30.7 Å². The van der Waals surface area contributed by atoms with Crippen molar-refractivity contribution in [2.75, 3.05) is 13.1 Å². The molecule has 1 fully saturated rings. The zero-order valence-electron chi connectivity index (χ0n) is 10.1. The molecular formula is C12H17ClN2O2S. The van der Waals surface area contributed by atoms with Crippen LogP contribution in [0.1, 0.15) is 24.8 Å². The Labute approximate surface area is 113 Å². The lowest BCUT2D eigenvalue weighted by atomic mass is 10.1. The van der Waals surface area contributed by atoms with E-state index in [0.29, 0.717) is 5.02 Å². The largest absolute Gasteiger partial charge is 0.299 e. The number of piperidine rings is 1. The van der Waals surface area contributed by atoms with E-state index in [9.17, 15) is 8.42 Å². The van der Waals surface area contributed by atoms with Gasteiger partial charge in [0.2, 0.25) is 10.0 Å². The van der Waals surface area contributed by atoms with Crippen molar-refractivity contribution in [1.29, 1.82) is 0 Å². The van der Waals surface area contributed by atoms with Gasteiger partial charge < -0.3 is 0 Å². The topological polar surface area (TPSA) is 63.4 Å². The molecule has 0 unspecified atom stereocenters. The molecule has 0 bridgehead atoms. The van der Waals surface area contributed by atoms with Gasteiger partial charge in [-0.25, -0.2) is 13.6 Å². The van der Waals surface area contributed by atoms with Crippen LogP contribution in [0.25, 0.3) is 0 Å². The summed E-state index contributed by atoms with van der Waals surface area (Å²) in [6, 6.07) is 4.79. The van der Waals surface area contributed by atoms with Gasteiger partial charge in [-0.2, -0.15) is 0 Å². The second kappa shape index (κ2) is 5.57. The third kappa shape index (κ3) is 3.68. The Morgan fingerprint density at radius 2 is 1.83 bits per heavy atom. The van der Waals surface area contributed by atoms with Gasteiger partial charge in [-0.05, 0) is 49.7 Å². The second-order valence-corrected chi connectivity index (χ2v) is 6.67. The van der Waals surface area contributed by atoms with Crippen molar-refractivity contribution < 1.29 is 8.42 Å². The summed E-state index contributed by atoms with van der Waals surface area (Å²) in [5.41, 5.74) is 0.897. The molecule has 1 aliphatic rings. The molecule has 4 nitrogen and oxygen atoms in total. The normalized spacial score (nSPS) is 17.9. The Kier molecular flexibility index (Phi) is 4.27. The van der Waals surface area contributed by atoms with E-state index in [1.54, 1.807) is 12.1 Å². The van der Waals surface area contributed by atoms with Crippen LogP contribution >= 0.6 is 11.6 Å². The lowest BCUT2D eigenvalue weighted by molar-refractivity contribution is 0.221. The highest BCUT2D eigenvalue weighted by Gasteiger charge is 2.14. The third-order valence-electron chi connectivity index (χ3n) is 3.11. The van der Waals surface area contributed by atoms with E-state index >= 15 is 0 Å². The average Bonchev–Trinajstić information content (AvgIpc) is 2.28. The highest BCUT2D eigenvalue weighted by Crippen LogP contribution is 2.20. The zero-order chi connectivity index (χ0) is 13.2. The van der Waals surface area contributed by atoms with Crippen molar-refractivity contribution in [1.82, 2.24) is 4.90 Å². The van der Waals surface area contributed by atoms with Gasteiger partial charge in [0, 0.05) is 11.6 Å². The molecule has 18 heavy (non-hydrogen) atoms. The summed E-state index contributed by atoms with van der Waals surface area (Å²) < 4.78 is 22.7. The monoisotopic (exact) mass is 288 g/mol. The van der Waals surface area contributed by atoms with Crippen LogP contribution in [-0.2, 0) is 16.6 Å². The molecule has 0 amide bonds. The fourth-order valence-electron chi connectivity index (χ4n) is 2.25. The van der Waals surface area contributed by atoms with Crippen LogP contribution in [0.4, 0.5) is 0 Å². The van der Waals surface area contributed by atoms with E-state index in [2.05, 4.69) is 4.90 Å². The molecule has 2 N–H and O–H groups in total. The summed E-state index contributed by atoms with van der Waals surface area (Å²) in [5, 5.41) is 5.54. The first-order chi connectivity index (χ1) is 8.45. The Hall–Kier alpha value is -0.620. The summed E-state index contributed by atoms with van der Waals surface area (Å²) in [4.78, 5) is 2.39. The number of primary sulfonamides is 1. The van der Waals surface area contributed by atoms with E-state index in [-0.39, 0.29) is 4.90 Å². The lowest BCUT2D eigenvalue weighted by Crippen LogP contribution is -2.29. The molecule has 6 heteroatoms. The van der Waals surface area contributed by atoms with E-state index in [0.717, 1.165) is 25.2 Å². The van der Waals surface area contributed by atoms with Crippen molar-refractivity contribution in [3.8, 4) is 0 Å². The SMILES string of the molecule is NS(=O)(=O)c1cc(Cl)cc(CN2CCCCC2)c1. The number of sulfonamides is 1. The van der Waals surface area contributed by atoms with Gasteiger partial charge in [0.1, 0.15) is 0 Å². The maximum Gasteiger partial charge on any atom is 0.238 e. The Bertz CT molecular complexity index is 525. The molecule has 1 saturated heterocycles. The van der Waals surface area contributed by atoms with Crippen molar-refractivity contribution in [3.63, 3.8) is 0 Å². The number of halogens is 1. The van der Waals surface area contributed by atoms with Gasteiger partial charge in [-0.3, -0.25) is 4.90 Å². The van der Waals surface area contributed by atoms with Gasteiger partial charge in [0.05, 0.1) is 4.90 Å². The molecule has 0 radical (unpaired) electrons. The van der Waals surface area contributed by atoms with Gasteiger partial charge >= 0.3 is 0 Å². The lowest BCUT2D eigenvalue weighted by Gasteiger charge is -2.26. The number of benzene rings is 1. The predicted molar refractivity (Wildman–Crippen MR) is 72.0 cm³/mol. The van der Waals surface area contributed by atoms with Crippen LogP contribution in [-0.4, -0.2) is 26.4 Å². The van der Waals surface area contributed by atoms with E-state index in [1.807, 2.05) is 0 Å². The highest BCUT2D eigenvalue weighted by atomic mass is 35.5. The Morgan fingerprint density at radius 1 is 1.17 bits per heavy atom. The van der Waals surface area contributed by atoms with Gasteiger partial charge in [-0.15, -0.1) is 0 Å². The van der Waals surface area contributed by atoms with Crippen LogP contribution in [0.3, 0.4) is 0 Å². The molecule has 0 atom stereocenters. The molecule has 2 rings (SSSR count). The Morgan fingerprint density at radius 3 is 2.44 bits per heavy atom. The van der Waals surface area contributed by atoms with Gasteiger partial charge in [-0.1, -0.05) is 18.0 Å². The minimum atomic E-state index is -3.69. The smallest absolute Gasteiger partial charge is 0.238 e. The summed E-state index contributed by atoms with van der Waals surface area (Å²) in [6.07, 6.45) is 3.67. The number of nitrogens with zero attached hydrogens (tertiary/aromatic N) is 1. The first kappa shape index (κ1) is 13.8. The summed E-state index contributed by atoms with van der Waals surface area (Å²) in [5.74, 6) is 0. The maximum absolute atomic E-state index is 11.3. The molecule has 0 aromatic heterocycles. The zero-order valence-corrected chi connectivity index (χ0v) is 11.7. The fraction of sp³-hybridized carbons (Fsp3) is 0.500. The van der Waals surface area contributed by atoms with E-state index < -0.39 is 10.0 Å². The van der Waals surface area contributed by atoms with Crippen LogP contribution in [0.5, 0.6) is 0 Å². The van der Waals surface area contributed by atoms with Gasteiger partial charge in [0.15, 0.2) is 0 Å². The predicted octanol–water partition coefficient (Wildman–Crippen LogP) is 1.97. The first-order valence-electron chi connectivity index (χ1n) is 6.00. The summed E-state index contributed by atoms with van der Waals surface area (Å²) in [6.45, 7) is 2.83. The fourth-order valence-corrected chi connectivity index (χ4v) is 3.18. The molecule has 1 aliphatic heterocycles. The van der Waals surface area contributed by atoms with Crippen molar-refractivity contribution >= 4 is 21.6 Å². The summed E-state index contributed by atoms with van der Waals surface area (Å²) in [7, 11) is -3.69. The molecule has 0 saturated carbocycles. The number of rotatable bonds is 3. The quantitative estimate of drug-likeness (QED) is 0.925. The van der Waals surface area contributed by atoms with Crippen LogP contribution in [0, 0.1) is 0 Å². The average molecular weight is 289 g/mol. The third-order valence-corrected chi connectivity index (χ3v) is 4.23. The number of hydrogen-bond donors (Lipinski definition) is 1. The molecule has 1 heterocycles. The molecule has 100 valence electrons. The number of nitrogens with two attached hydrogens (primary N) is 1. The minimum Gasteiger partial charge on any atom is -0.299 e. The molecule has 1 aromatic rings. The van der Waals surface area contributed by atoms with Crippen LogP contribution in [0.2, 0.25) is 5.02 Å². The van der Waals surface area contributed by atoms with Crippen LogP contribution in [0.15, 0.2) is 23.1 Å². The number of hydrogen-bond acceptors (Lipinski definition) is 3. The maximum atomic E-state index is 11.3. The Balaban J connectivity index is 2.20. The van der Waals surface area contributed by atoms with E-state index in [4.69, 9.17) is 16.7 Å².